The largest absolute Gasteiger partial charge is 0.761 e. The molecule has 0 saturated heterocycles. The van der Waals surface area contributed by atoms with Crippen molar-refractivity contribution in [2.24, 2.45) is 0 Å². The Labute approximate surface area is 108 Å². The van der Waals surface area contributed by atoms with Gasteiger partial charge in [-0.3, -0.25) is 7.85 Å². The number of nitrogens with zero attached hydrogens (tertiary/aromatic N) is 1. The fourth-order valence-corrected chi connectivity index (χ4v) is 13.1. The molecule has 0 aliphatic carbocycles. The molecule has 0 bridgehead atoms. The minimum Gasteiger partial charge on any atom is -0.761 e. The van der Waals surface area contributed by atoms with Crippen LogP contribution in [0.2, 0.25) is 39.3 Å². The molecule has 0 aliphatic rings. The van der Waals surface area contributed by atoms with E-state index in [0.29, 0.717) is 0 Å². The summed E-state index contributed by atoms with van der Waals surface area (Å²) in [6.07, 6.45) is 0. The average molecular weight is 247 g/mol. The normalized spacial score (nSPS) is 15.4. The zero-order chi connectivity index (χ0) is 10.2. The summed E-state index contributed by atoms with van der Waals surface area (Å²) in [5, 5.41) is 0. The summed E-state index contributed by atoms with van der Waals surface area (Å²) in [6.45, 7) is 12.3. The maximum atomic E-state index is 11.0. The van der Waals surface area contributed by atoms with Crippen molar-refractivity contribution < 1.29 is 8.76 Å². The third kappa shape index (κ3) is 5.83. The third-order valence-electron chi connectivity index (χ3n) is 1.37. The summed E-state index contributed by atoms with van der Waals surface area (Å²) in [4.78, 5) is 0. The second kappa shape index (κ2) is 5.55. The Bertz CT molecular complexity index is 176. The zero-order valence-corrected chi connectivity index (χ0v) is 14.5. The van der Waals surface area contributed by atoms with Gasteiger partial charge in [-0.2, -0.15) is 0 Å². The van der Waals surface area contributed by atoms with Crippen LogP contribution < -0.4 is 0 Å². The van der Waals surface area contributed by atoms with Crippen LogP contribution in [0.1, 0.15) is 0 Å². The Balaban J connectivity index is 0. The molecule has 1 radical (unpaired) electrons. The Morgan fingerprint density at radius 2 is 1.23 bits per heavy atom. The first-order chi connectivity index (χ1) is 5.07. The van der Waals surface area contributed by atoms with Crippen molar-refractivity contribution in [2.75, 3.05) is 0 Å². The van der Waals surface area contributed by atoms with Gasteiger partial charge in [0.2, 0.25) is 0 Å². The molecule has 0 heterocycles. The SMILES string of the molecule is C[Si](C)(C)N(S(=O)[O-])[Si](C)(C)C.[Na]. The van der Waals surface area contributed by atoms with Crippen molar-refractivity contribution in [3.8, 4) is 0 Å². The molecular formula is C6H18NNaO2SSi2-. The van der Waals surface area contributed by atoms with Gasteiger partial charge in [-0.05, 0) is 0 Å². The molecule has 0 spiro atoms. The molecule has 75 valence electrons. The van der Waals surface area contributed by atoms with Crippen LogP contribution in [0.15, 0.2) is 0 Å². The summed E-state index contributed by atoms with van der Waals surface area (Å²) >= 11 is -2.04. The monoisotopic (exact) mass is 247 g/mol. The molecule has 0 rings (SSSR count). The van der Waals surface area contributed by atoms with Crippen LogP contribution in [0.4, 0.5) is 0 Å². The molecule has 0 aromatic carbocycles. The molecule has 3 nitrogen and oxygen atoms in total. The Hall–Kier alpha value is 1.50. The number of hydrogen-bond acceptors (Lipinski definition) is 2. The predicted octanol–water partition coefficient (Wildman–Crippen LogP) is 1.37. The van der Waals surface area contributed by atoms with Crippen molar-refractivity contribution in [3.63, 3.8) is 0 Å². The number of rotatable bonds is 3. The van der Waals surface area contributed by atoms with E-state index in [1.165, 1.54) is 0 Å². The average Bonchev–Trinajstić information content (AvgIpc) is 1.49. The van der Waals surface area contributed by atoms with Crippen LogP contribution in [0.25, 0.3) is 0 Å². The Morgan fingerprint density at radius 3 is 1.23 bits per heavy atom. The topological polar surface area (TPSA) is 43.4 Å². The fourth-order valence-electron chi connectivity index (χ4n) is 1.45. The van der Waals surface area contributed by atoms with E-state index >= 15 is 0 Å². The van der Waals surface area contributed by atoms with E-state index in [1.54, 1.807) is 3.64 Å². The number of hydrogen-bond donors (Lipinski definition) is 0. The molecule has 0 aromatic rings. The quantitative estimate of drug-likeness (QED) is 0.558. The molecule has 0 N–H and O–H groups in total. The van der Waals surface area contributed by atoms with Crippen LogP contribution in [-0.4, -0.2) is 58.4 Å². The van der Waals surface area contributed by atoms with Crippen LogP contribution >= 0.6 is 0 Å². The van der Waals surface area contributed by atoms with E-state index in [0.717, 1.165) is 0 Å². The zero-order valence-electron chi connectivity index (χ0n) is 9.67. The molecule has 13 heavy (non-hydrogen) atoms. The Morgan fingerprint density at radius 1 is 1.00 bits per heavy atom. The van der Waals surface area contributed by atoms with Gasteiger partial charge < -0.3 is 4.55 Å². The first kappa shape index (κ1) is 16.9. The van der Waals surface area contributed by atoms with Crippen LogP contribution in [0.5, 0.6) is 0 Å². The van der Waals surface area contributed by atoms with Crippen LogP contribution in [0, 0.1) is 0 Å². The first-order valence-corrected chi connectivity index (χ1v) is 11.9. The second-order valence-electron chi connectivity index (χ2n) is 4.85. The van der Waals surface area contributed by atoms with E-state index < -0.39 is 27.7 Å². The summed E-state index contributed by atoms with van der Waals surface area (Å²) < 4.78 is 23.7. The van der Waals surface area contributed by atoms with Crippen molar-refractivity contribution in [3.05, 3.63) is 0 Å². The standard InChI is InChI=1S/C6H19NO2SSi2.Na/c1-11(2,3)7(10(8)9)12(4,5)6;/h1-6H3,(H,8,9);/p-1. The molecule has 1 unspecified atom stereocenters. The van der Waals surface area contributed by atoms with Crippen molar-refractivity contribution >= 4 is 57.3 Å². The molecule has 7 heteroatoms. The summed E-state index contributed by atoms with van der Waals surface area (Å²) in [5.74, 6) is 0. The van der Waals surface area contributed by atoms with E-state index in [1.807, 2.05) is 0 Å². The first-order valence-electron chi connectivity index (χ1n) is 3.96. The summed E-state index contributed by atoms with van der Waals surface area (Å²) in [7, 11) is -3.41. The second-order valence-corrected chi connectivity index (χ2v) is 16.3. The van der Waals surface area contributed by atoms with Crippen molar-refractivity contribution in [2.45, 2.75) is 39.3 Å². The van der Waals surface area contributed by atoms with Gasteiger partial charge in [0, 0.05) is 40.8 Å². The van der Waals surface area contributed by atoms with E-state index in [9.17, 15) is 8.76 Å². The summed E-state index contributed by atoms with van der Waals surface area (Å²) in [6, 6.07) is 0. The van der Waals surface area contributed by atoms with E-state index in [2.05, 4.69) is 39.3 Å². The van der Waals surface area contributed by atoms with Crippen LogP contribution in [-0.2, 0) is 11.3 Å². The van der Waals surface area contributed by atoms with Gasteiger partial charge in [-0.1, -0.05) is 39.3 Å². The molecule has 1 atom stereocenters. The molecule has 0 fully saturated rings. The van der Waals surface area contributed by atoms with Gasteiger partial charge in [0.25, 0.3) is 0 Å². The minimum absolute atomic E-state index is 0. The van der Waals surface area contributed by atoms with Gasteiger partial charge in [-0.15, -0.1) is 0 Å². The molecule has 0 aromatic heterocycles. The predicted molar refractivity (Wildman–Crippen MR) is 63.2 cm³/mol. The third-order valence-corrected chi connectivity index (χ3v) is 12.3. The van der Waals surface area contributed by atoms with Gasteiger partial charge >= 0.3 is 0 Å². The van der Waals surface area contributed by atoms with E-state index in [4.69, 9.17) is 0 Å². The maximum absolute atomic E-state index is 11.0. The summed E-state index contributed by atoms with van der Waals surface area (Å²) in [5.41, 5.74) is 0. The van der Waals surface area contributed by atoms with Crippen LogP contribution in [0.3, 0.4) is 0 Å². The smallest absolute Gasteiger partial charge is 0.125 e. The van der Waals surface area contributed by atoms with Gasteiger partial charge in [0.05, 0.1) is 0 Å². The van der Waals surface area contributed by atoms with Gasteiger partial charge in [-0.25, -0.2) is 0 Å². The van der Waals surface area contributed by atoms with Gasteiger partial charge in [0.15, 0.2) is 0 Å². The molecule has 0 aliphatic heterocycles. The van der Waals surface area contributed by atoms with Gasteiger partial charge in [0.1, 0.15) is 16.5 Å². The molecule has 0 amide bonds. The van der Waals surface area contributed by atoms with E-state index in [-0.39, 0.29) is 29.6 Å². The Kier molecular flexibility index (Phi) is 7.22. The van der Waals surface area contributed by atoms with Crippen molar-refractivity contribution in [1.82, 2.24) is 3.64 Å². The maximum Gasteiger partial charge on any atom is 0.125 e. The fraction of sp³-hybridized carbons (Fsp3) is 1.00. The van der Waals surface area contributed by atoms with Crippen molar-refractivity contribution in [1.29, 1.82) is 0 Å². The molecule has 0 saturated carbocycles. The molecular weight excluding hydrogens is 229 g/mol. The minimum atomic E-state index is -2.04.